The van der Waals surface area contributed by atoms with Crippen LogP contribution in [-0.2, 0) is 0 Å². The number of nitrogens with zero attached hydrogens (tertiary/aromatic N) is 2. The highest BCUT2D eigenvalue weighted by atomic mass is 16.1. The molecule has 1 aliphatic carbocycles. The Kier molecular flexibility index (Phi) is 4.95. The number of hydrogen-bond acceptors (Lipinski definition) is 4. The van der Waals surface area contributed by atoms with Gasteiger partial charge in [-0.05, 0) is 45.9 Å². The maximum Gasteiger partial charge on any atom is 0.251 e. The van der Waals surface area contributed by atoms with Crippen molar-refractivity contribution >= 4 is 11.7 Å². The fourth-order valence-corrected chi connectivity index (χ4v) is 2.22. The molecule has 0 spiro atoms. The van der Waals surface area contributed by atoms with E-state index in [1.807, 2.05) is 19.9 Å². The van der Waals surface area contributed by atoms with Crippen LogP contribution in [0.15, 0.2) is 12.1 Å². The Bertz CT molecular complexity index is 471. The largest absolute Gasteiger partial charge is 0.370 e. The van der Waals surface area contributed by atoms with E-state index in [0.29, 0.717) is 12.1 Å². The molecule has 20 heavy (non-hydrogen) atoms. The molecule has 1 heterocycles. The molecule has 110 valence electrons. The zero-order chi connectivity index (χ0) is 14.5. The van der Waals surface area contributed by atoms with Crippen molar-refractivity contribution < 1.29 is 4.79 Å². The van der Waals surface area contributed by atoms with Crippen molar-refractivity contribution in [3.63, 3.8) is 0 Å². The van der Waals surface area contributed by atoms with Crippen molar-refractivity contribution in [2.75, 3.05) is 32.0 Å². The molecule has 2 rings (SSSR count). The number of aryl methyl sites for hydroxylation is 1. The molecule has 5 nitrogen and oxygen atoms in total. The molecule has 0 saturated heterocycles. The summed E-state index contributed by atoms with van der Waals surface area (Å²) in [5, 5.41) is 6.11. The summed E-state index contributed by atoms with van der Waals surface area (Å²) in [6, 6.07) is 4.35. The average Bonchev–Trinajstić information content (AvgIpc) is 3.22. The molecule has 1 amide bonds. The number of carbonyl (C=O) groups is 1. The highest BCUT2D eigenvalue weighted by Crippen LogP contribution is 2.24. The predicted molar refractivity (Wildman–Crippen MR) is 81.1 cm³/mol. The van der Waals surface area contributed by atoms with Gasteiger partial charge in [0.25, 0.3) is 5.91 Å². The zero-order valence-corrected chi connectivity index (χ0v) is 12.6. The number of anilines is 1. The Balaban J connectivity index is 1.87. The van der Waals surface area contributed by atoms with Crippen LogP contribution in [0.2, 0.25) is 0 Å². The van der Waals surface area contributed by atoms with Gasteiger partial charge in [-0.3, -0.25) is 4.79 Å². The number of hydrogen-bond donors (Lipinski definition) is 2. The second-order valence-corrected chi connectivity index (χ2v) is 5.38. The molecule has 0 aromatic carbocycles. The first-order valence-electron chi connectivity index (χ1n) is 7.31. The fourth-order valence-electron chi connectivity index (χ4n) is 2.22. The summed E-state index contributed by atoms with van der Waals surface area (Å²) >= 11 is 0. The summed E-state index contributed by atoms with van der Waals surface area (Å²) in [7, 11) is 2.11. The SMILES string of the molecule is CCNc1cc(C(=O)NCCN(C)C2CC2)cc(C)n1. The molecule has 0 atom stereocenters. The van der Waals surface area contributed by atoms with E-state index in [0.717, 1.165) is 30.6 Å². The van der Waals surface area contributed by atoms with Crippen LogP contribution in [0.3, 0.4) is 0 Å². The Hall–Kier alpha value is -1.62. The van der Waals surface area contributed by atoms with Gasteiger partial charge in [0.05, 0.1) is 0 Å². The van der Waals surface area contributed by atoms with E-state index in [1.54, 1.807) is 6.07 Å². The van der Waals surface area contributed by atoms with Gasteiger partial charge < -0.3 is 15.5 Å². The molecule has 1 aromatic rings. The lowest BCUT2D eigenvalue weighted by Crippen LogP contribution is -2.34. The summed E-state index contributed by atoms with van der Waals surface area (Å²) in [4.78, 5) is 18.8. The third-order valence-corrected chi connectivity index (χ3v) is 3.49. The van der Waals surface area contributed by atoms with Crippen molar-refractivity contribution in [3.8, 4) is 0 Å². The minimum Gasteiger partial charge on any atom is -0.370 e. The van der Waals surface area contributed by atoms with Crippen molar-refractivity contribution in [1.82, 2.24) is 15.2 Å². The van der Waals surface area contributed by atoms with Crippen molar-refractivity contribution in [2.45, 2.75) is 32.7 Å². The number of rotatable bonds is 7. The molecule has 5 heteroatoms. The number of likely N-dealkylation sites (N-methyl/N-ethyl adjacent to an activating group) is 1. The summed E-state index contributed by atoms with van der Waals surface area (Å²) in [5.41, 5.74) is 1.52. The quantitative estimate of drug-likeness (QED) is 0.795. The standard InChI is InChI=1S/C15H24N4O/c1-4-16-14-10-12(9-11(2)18-14)15(20)17-7-8-19(3)13-5-6-13/h9-10,13H,4-8H2,1-3H3,(H,16,18)(H,17,20). The van der Waals surface area contributed by atoms with E-state index in [9.17, 15) is 4.79 Å². The smallest absolute Gasteiger partial charge is 0.251 e. The van der Waals surface area contributed by atoms with E-state index < -0.39 is 0 Å². The van der Waals surface area contributed by atoms with Crippen LogP contribution >= 0.6 is 0 Å². The highest BCUT2D eigenvalue weighted by molar-refractivity contribution is 5.95. The van der Waals surface area contributed by atoms with Crippen molar-refractivity contribution in [3.05, 3.63) is 23.4 Å². The van der Waals surface area contributed by atoms with E-state index in [4.69, 9.17) is 0 Å². The summed E-state index contributed by atoms with van der Waals surface area (Å²) in [6.07, 6.45) is 2.58. The number of nitrogens with one attached hydrogen (secondary N) is 2. The molecule has 2 N–H and O–H groups in total. The van der Waals surface area contributed by atoms with E-state index in [-0.39, 0.29) is 5.91 Å². The molecule has 1 fully saturated rings. The van der Waals surface area contributed by atoms with Crippen LogP contribution < -0.4 is 10.6 Å². The fraction of sp³-hybridized carbons (Fsp3) is 0.600. The molecule has 1 aromatic heterocycles. The normalized spacial score (nSPS) is 14.4. The number of amides is 1. The van der Waals surface area contributed by atoms with E-state index in [2.05, 4.69) is 27.6 Å². The highest BCUT2D eigenvalue weighted by Gasteiger charge is 2.25. The Morgan fingerprint density at radius 2 is 2.20 bits per heavy atom. The van der Waals surface area contributed by atoms with Gasteiger partial charge in [0.15, 0.2) is 0 Å². The molecule has 0 aliphatic heterocycles. The first-order valence-corrected chi connectivity index (χ1v) is 7.31. The minimum absolute atomic E-state index is 0.0288. The first-order chi connectivity index (χ1) is 9.60. The van der Waals surface area contributed by atoms with E-state index >= 15 is 0 Å². The van der Waals surface area contributed by atoms with Crippen LogP contribution in [-0.4, -0.2) is 48.5 Å². The lowest BCUT2D eigenvalue weighted by Gasteiger charge is -2.16. The maximum absolute atomic E-state index is 12.1. The van der Waals surface area contributed by atoms with Crippen LogP contribution in [0.5, 0.6) is 0 Å². The van der Waals surface area contributed by atoms with Gasteiger partial charge in [0.2, 0.25) is 0 Å². The minimum atomic E-state index is -0.0288. The lowest BCUT2D eigenvalue weighted by atomic mass is 10.2. The molecule has 0 unspecified atom stereocenters. The lowest BCUT2D eigenvalue weighted by molar-refractivity contribution is 0.0949. The van der Waals surface area contributed by atoms with Crippen LogP contribution in [0.25, 0.3) is 0 Å². The average molecular weight is 276 g/mol. The van der Waals surface area contributed by atoms with Gasteiger partial charge in [-0.15, -0.1) is 0 Å². The van der Waals surface area contributed by atoms with Gasteiger partial charge in [0, 0.05) is 36.9 Å². The predicted octanol–water partition coefficient (Wildman–Crippen LogP) is 1.65. The van der Waals surface area contributed by atoms with Crippen LogP contribution in [0, 0.1) is 6.92 Å². The number of pyridine rings is 1. The Labute approximate surface area is 120 Å². The monoisotopic (exact) mass is 276 g/mol. The third-order valence-electron chi connectivity index (χ3n) is 3.49. The Morgan fingerprint density at radius 1 is 1.45 bits per heavy atom. The van der Waals surface area contributed by atoms with Gasteiger partial charge in [-0.25, -0.2) is 4.98 Å². The maximum atomic E-state index is 12.1. The van der Waals surface area contributed by atoms with Gasteiger partial charge >= 0.3 is 0 Å². The first kappa shape index (κ1) is 14.8. The van der Waals surface area contributed by atoms with Crippen LogP contribution in [0.4, 0.5) is 5.82 Å². The molecule has 1 aliphatic rings. The molecule has 0 bridgehead atoms. The van der Waals surface area contributed by atoms with Crippen molar-refractivity contribution in [2.24, 2.45) is 0 Å². The zero-order valence-electron chi connectivity index (χ0n) is 12.6. The van der Waals surface area contributed by atoms with Gasteiger partial charge in [-0.1, -0.05) is 0 Å². The second kappa shape index (κ2) is 6.70. The van der Waals surface area contributed by atoms with Crippen LogP contribution in [0.1, 0.15) is 35.8 Å². The molecular formula is C15H24N4O. The summed E-state index contributed by atoms with van der Waals surface area (Å²) in [5.74, 6) is 0.728. The Morgan fingerprint density at radius 3 is 2.85 bits per heavy atom. The summed E-state index contributed by atoms with van der Waals surface area (Å²) in [6.45, 7) is 6.30. The molecule has 0 radical (unpaired) electrons. The summed E-state index contributed by atoms with van der Waals surface area (Å²) < 4.78 is 0. The number of carbonyl (C=O) groups excluding carboxylic acids is 1. The molecular weight excluding hydrogens is 252 g/mol. The molecule has 1 saturated carbocycles. The number of aromatic nitrogens is 1. The topological polar surface area (TPSA) is 57.3 Å². The van der Waals surface area contributed by atoms with Crippen molar-refractivity contribution in [1.29, 1.82) is 0 Å². The second-order valence-electron chi connectivity index (χ2n) is 5.38. The van der Waals surface area contributed by atoms with Gasteiger partial charge in [-0.2, -0.15) is 0 Å². The van der Waals surface area contributed by atoms with Gasteiger partial charge in [0.1, 0.15) is 5.82 Å². The third kappa shape index (κ3) is 4.20. The van der Waals surface area contributed by atoms with E-state index in [1.165, 1.54) is 12.8 Å².